The normalized spacial score (nSPS) is 24.9. The third-order valence-corrected chi connectivity index (χ3v) is 5.36. The van der Waals surface area contributed by atoms with E-state index in [1.54, 1.807) is 0 Å². The number of hydrogen-bond acceptors (Lipinski definition) is 2. The van der Waals surface area contributed by atoms with Crippen LogP contribution < -0.4 is 0 Å². The smallest absolute Gasteiger partial charge is 0.308 e. The zero-order valence-corrected chi connectivity index (χ0v) is 13.6. The molecule has 106 valence electrons. The topological polar surface area (TPSA) is 26.3 Å². The number of ether oxygens (including phenoxy) is 1. The Kier molecular flexibility index (Phi) is 6.68. The maximum absolute atomic E-state index is 12.0. The summed E-state index contributed by atoms with van der Waals surface area (Å²) in [6.07, 6.45) is 7.04. The van der Waals surface area contributed by atoms with E-state index in [0.717, 1.165) is 24.1 Å². The lowest BCUT2D eigenvalue weighted by Crippen LogP contribution is -2.28. The molecule has 2 nitrogen and oxygen atoms in total. The highest BCUT2D eigenvalue weighted by Gasteiger charge is 2.28. The van der Waals surface area contributed by atoms with Gasteiger partial charge in [-0.1, -0.05) is 49.5 Å². The number of esters is 1. The molecule has 0 atom stereocenters. The van der Waals surface area contributed by atoms with E-state index in [9.17, 15) is 4.79 Å². The van der Waals surface area contributed by atoms with Gasteiger partial charge in [-0.05, 0) is 31.6 Å². The predicted octanol–water partition coefficient (Wildman–Crippen LogP) is 4.56. The van der Waals surface area contributed by atoms with Crippen LogP contribution in [0, 0.1) is 17.3 Å². The lowest BCUT2D eigenvalue weighted by atomic mass is 9.80. The average molecular weight is 319 g/mol. The van der Waals surface area contributed by atoms with Gasteiger partial charge in [0.05, 0.1) is 12.5 Å². The van der Waals surface area contributed by atoms with E-state index in [1.165, 1.54) is 25.7 Å². The molecule has 0 aromatic heterocycles. The number of carbonyl (C=O) groups excluding carboxylic acids is 1. The van der Waals surface area contributed by atoms with Crippen molar-refractivity contribution in [1.29, 1.82) is 0 Å². The lowest BCUT2D eigenvalue weighted by Gasteiger charge is -2.28. The highest BCUT2D eigenvalue weighted by molar-refractivity contribution is 9.09. The number of carbonyl (C=O) groups is 1. The van der Waals surface area contributed by atoms with Gasteiger partial charge >= 0.3 is 5.97 Å². The molecule has 0 radical (unpaired) electrons. The number of halogens is 1. The van der Waals surface area contributed by atoms with Crippen LogP contribution in [0.15, 0.2) is 0 Å². The highest BCUT2D eigenvalue weighted by atomic mass is 79.9. The summed E-state index contributed by atoms with van der Waals surface area (Å²) < 4.78 is 5.46. The lowest BCUT2D eigenvalue weighted by molar-refractivity contribution is -0.152. The fourth-order valence-corrected chi connectivity index (χ4v) is 2.68. The van der Waals surface area contributed by atoms with Crippen LogP contribution in [0.3, 0.4) is 0 Å². The van der Waals surface area contributed by atoms with Crippen LogP contribution in [0.5, 0.6) is 0 Å². The Morgan fingerprint density at radius 2 is 1.89 bits per heavy atom. The van der Waals surface area contributed by atoms with Gasteiger partial charge in [-0.15, -0.1) is 0 Å². The van der Waals surface area contributed by atoms with Crippen LogP contribution in [-0.2, 0) is 9.53 Å². The second-order valence-electron chi connectivity index (χ2n) is 6.41. The Bertz CT molecular complexity index is 255. The van der Waals surface area contributed by atoms with Gasteiger partial charge in [-0.2, -0.15) is 0 Å². The predicted molar refractivity (Wildman–Crippen MR) is 78.9 cm³/mol. The molecule has 0 saturated heterocycles. The summed E-state index contributed by atoms with van der Waals surface area (Å²) in [6, 6.07) is 0. The Hall–Kier alpha value is -0.0500. The molecule has 1 rings (SSSR count). The quantitative estimate of drug-likeness (QED) is 0.530. The minimum absolute atomic E-state index is 0.0268. The van der Waals surface area contributed by atoms with Crippen LogP contribution >= 0.6 is 15.9 Å². The molecular formula is C15H27BrO2. The van der Waals surface area contributed by atoms with Crippen molar-refractivity contribution in [2.24, 2.45) is 17.3 Å². The van der Waals surface area contributed by atoms with Crippen LogP contribution in [-0.4, -0.2) is 17.9 Å². The van der Waals surface area contributed by atoms with E-state index >= 15 is 0 Å². The Morgan fingerprint density at radius 3 is 2.39 bits per heavy atom. The van der Waals surface area contributed by atoms with Gasteiger partial charge in [0.15, 0.2) is 0 Å². The van der Waals surface area contributed by atoms with Crippen molar-refractivity contribution in [1.82, 2.24) is 0 Å². The van der Waals surface area contributed by atoms with E-state index in [1.807, 2.05) is 0 Å². The first-order valence-electron chi connectivity index (χ1n) is 7.21. The Labute approximate surface area is 120 Å². The molecule has 1 fully saturated rings. The third kappa shape index (κ3) is 5.29. The first-order chi connectivity index (χ1) is 8.48. The van der Waals surface area contributed by atoms with Gasteiger partial charge in [0.2, 0.25) is 0 Å². The standard InChI is InChI=1S/C15H27BrO2/c1-4-5-12-6-8-13(9-7-12)14(17)18-11-15(2,3)10-16/h12-13H,4-11H2,1-3H3. The maximum Gasteiger partial charge on any atom is 0.308 e. The van der Waals surface area contributed by atoms with Crippen molar-refractivity contribution in [2.75, 3.05) is 11.9 Å². The molecule has 0 bridgehead atoms. The maximum atomic E-state index is 12.0. The summed E-state index contributed by atoms with van der Waals surface area (Å²) in [5.41, 5.74) is 0.0368. The average Bonchev–Trinajstić information content (AvgIpc) is 2.37. The van der Waals surface area contributed by atoms with Gasteiger partial charge in [0.25, 0.3) is 0 Å². The van der Waals surface area contributed by atoms with E-state index in [-0.39, 0.29) is 17.3 Å². The fourth-order valence-electron chi connectivity index (χ4n) is 2.52. The molecule has 0 spiro atoms. The molecular weight excluding hydrogens is 292 g/mol. The van der Waals surface area contributed by atoms with Gasteiger partial charge in [-0.25, -0.2) is 0 Å². The second-order valence-corrected chi connectivity index (χ2v) is 6.97. The molecule has 1 saturated carbocycles. The van der Waals surface area contributed by atoms with Gasteiger partial charge in [-0.3, -0.25) is 4.79 Å². The molecule has 0 aliphatic heterocycles. The zero-order chi connectivity index (χ0) is 13.6. The van der Waals surface area contributed by atoms with Crippen molar-refractivity contribution < 1.29 is 9.53 Å². The first-order valence-corrected chi connectivity index (χ1v) is 8.33. The summed E-state index contributed by atoms with van der Waals surface area (Å²) in [4.78, 5) is 12.0. The van der Waals surface area contributed by atoms with E-state index in [2.05, 4.69) is 36.7 Å². The molecule has 0 N–H and O–H groups in total. The number of rotatable bonds is 6. The van der Waals surface area contributed by atoms with E-state index in [4.69, 9.17) is 4.74 Å². The largest absolute Gasteiger partial charge is 0.465 e. The minimum Gasteiger partial charge on any atom is -0.465 e. The van der Waals surface area contributed by atoms with Gasteiger partial charge < -0.3 is 4.74 Å². The second kappa shape index (κ2) is 7.52. The van der Waals surface area contributed by atoms with Crippen molar-refractivity contribution in [2.45, 2.75) is 59.3 Å². The Morgan fingerprint density at radius 1 is 1.28 bits per heavy atom. The summed E-state index contributed by atoms with van der Waals surface area (Å²) >= 11 is 3.45. The third-order valence-electron chi connectivity index (χ3n) is 3.84. The molecule has 0 aromatic carbocycles. The Balaban J connectivity index is 2.28. The summed E-state index contributed by atoms with van der Waals surface area (Å²) in [6.45, 7) is 6.97. The van der Waals surface area contributed by atoms with Gasteiger partial charge in [0.1, 0.15) is 0 Å². The van der Waals surface area contributed by atoms with E-state index in [0.29, 0.717) is 6.61 Å². The molecule has 1 aliphatic carbocycles. The van der Waals surface area contributed by atoms with Crippen molar-refractivity contribution in [3.8, 4) is 0 Å². The van der Waals surface area contributed by atoms with E-state index < -0.39 is 0 Å². The molecule has 0 unspecified atom stereocenters. The van der Waals surface area contributed by atoms with Crippen LogP contribution in [0.1, 0.15) is 59.3 Å². The molecule has 0 amide bonds. The van der Waals surface area contributed by atoms with Crippen molar-refractivity contribution in [3.05, 3.63) is 0 Å². The van der Waals surface area contributed by atoms with Crippen LogP contribution in [0.2, 0.25) is 0 Å². The summed E-state index contributed by atoms with van der Waals surface area (Å²) in [5, 5.41) is 0.858. The van der Waals surface area contributed by atoms with Crippen LogP contribution in [0.25, 0.3) is 0 Å². The van der Waals surface area contributed by atoms with Crippen molar-refractivity contribution >= 4 is 21.9 Å². The number of hydrogen-bond donors (Lipinski definition) is 0. The molecule has 3 heteroatoms. The SMILES string of the molecule is CCCC1CCC(C(=O)OCC(C)(C)CBr)CC1. The molecule has 0 aromatic rings. The molecule has 1 aliphatic rings. The van der Waals surface area contributed by atoms with Crippen molar-refractivity contribution in [3.63, 3.8) is 0 Å². The minimum atomic E-state index is 0.0268. The summed E-state index contributed by atoms with van der Waals surface area (Å²) in [5.74, 6) is 1.03. The zero-order valence-electron chi connectivity index (χ0n) is 12.0. The van der Waals surface area contributed by atoms with Crippen LogP contribution in [0.4, 0.5) is 0 Å². The fraction of sp³-hybridized carbons (Fsp3) is 0.933. The molecule has 0 heterocycles. The van der Waals surface area contributed by atoms with Gasteiger partial charge in [0, 0.05) is 10.7 Å². The highest BCUT2D eigenvalue weighted by Crippen LogP contribution is 2.32. The monoisotopic (exact) mass is 318 g/mol. The first kappa shape index (κ1) is 16.0. The number of alkyl halides is 1. The summed E-state index contributed by atoms with van der Waals surface area (Å²) in [7, 11) is 0. The molecule has 18 heavy (non-hydrogen) atoms.